The highest BCUT2D eigenvalue weighted by Crippen LogP contribution is 2.10. The number of carbonyl (C=O) groups is 1. The molecule has 0 aliphatic heterocycles. The average molecular weight is 262 g/mol. The summed E-state index contributed by atoms with van der Waals surface area (Å²) >= 11 is 1.59. The Morgan fingerprint density at radius 2 is 2.11 bits per heavy atom. The molecule has 5 heteroatoms. The highest BCUT2D eigenvalue weighted by molar-refractivity contribution is 7.09. The summed E-state index contributed by atoms with van der Waals surface area (Å²) in [6, 6.07) is 6.65. The van der Waals surface area contributed by atoms with Gasteiger partial charge in [0.2, 0.25) is 5.91 Å². The van der Waals surface area contributed by atoms with Gasteiger partial charge in [-0.25, -0.2) is 4.98 Å². The fourth-order valence-corrected chi connectivity index (χ4v) is 2.17. The largest absolute Gasteiger partial charge is 0.508 e. The standard InChI is InChI=1S/C13H14N2O2S/c16-11-3-1-10(2-4-11)9-12(17)14-6-5-13-15-7-8-18-13/h1-4,7-8,16H,5-6,9H2,(H,14,17). The highest BCUT2D eigenvalue weighted by atomic mass is 32.1. The van der Waals surface area contributed by atoms with Gasteiger partial charge in [0.15, 0.2) is 0 Å². The number of nitrogens with zero attached hydrogens (tertiary/aromatic N) is 1. The maximum Gasteiger partial charge on any atom is 0.224 e. The molecule has 0 atom stereocenters. The number of hydrogen-bond donors (Lipinski definition) is 2. The smallest absolute Gasteiger partial charge is 0.224 e. The Morgan fingerprint density at radius 1 is 1.33 bits per heavy atom. The second kappa shape index (κ2) is 6.16. The second-order valence-electron chi connectivity index (χ2n) is 3.87. The first-order valence-corrected chi connectivity index (χ1v) is 6.55. The van der Waals surface area contributed by atoms with E-state index in [-0.39, 0.29) is 11.7 Å². The summed E-state index contributed by atoms with van der Waals surface area (Å²) in [4.78, 5) is 15.8. The minimum atomic E-state index is -0.0164. The van der Waals surface area contributed by atoms with E-state index in [0.717, 1.165) is 17.0 Å². The monoisotopic (exact) mass is 262 g/mol. The number of phenols is 1. The van der Waals surface area contributed by atoms with Crippen molar-refractivity contribution in [2.45, 2.75) is 12.8 Å². The predicted octanol–water partition coefficient (Wildman–Crippen LogP) is 1.75. The number of aromatic hydroxyl groups is 1. The lowest BCUT2D eigenvalue weighted by atomic mass is 10.1. The quantitative estimate of drug-likeness (QED) is 0.863. The van der Waals surface area contributed by atoms with Crippen LogP contribution in [-0.4, -0.2) is 22.5 Å². The molecular formula is C13H14N2O2S. The molecule has 0 spiro atoms. The number of rotatable bonds is 5. The molecule has 4 nitrogen and oxygen atoms in total. The predicted molar refractivity (Wildman–Crippen MR) is 70.6 cm³/mol. The van der Waals surface area contributed by atoms with Gasteiger partial charge in [0.1, 0.15) is 5.75 Å². The summed E-state index contributed by atoms with van der Waals surface area (Å²) in [5.41, 5.74) is 0.888. The molecule has 94 valence electrons. The Bertz CT molecular complexity index is 494. The van der Waals surface area contributed by atoms with E-state index in [1.165, 1.54) is 0 Å². The van der Waals surface area contributed by atoms with Crippen LogP contribution in [0.25, 0.3) is 0 Å². The van der Waals surface area contributed by atoms with Gasteiger partial charge < -0.3 is 10.4 Å². The number of benzene rings is 1. The maximum absolute atomic E-state index is 11.6. The van der Waals surface area contributed by atoms with Crippen molar-refractivity contribution in [2.75, 3.05) is 6.54 Å². The SMILES string of the molecule is O=C(Cc1ccc(O)cc1)NCCc1nccs1. The summed E-state index contributed by atoms with van der Waals surface area (Å²) in [7, 11) is 0. The van der Waals surface area contributed by atoms with Gasteiger partial charge in [-0.3, -0.25) is 4.79 Å². The molecule has 0 bridgehead atoms. The van der Waals surface area contributed by atoms with Crippen LogP contribution in [0.15, 0.2) is 35.8 Å². The second-order valence-corrected chi connectivity index (χ2v) is 4.85. The molecule has 0 aliphatic carbocycles. The van der Waals surface area contributed by atoms with Gasteiger partial charge >= 0.3 is 0 Å². The molecule has 0 unspecified atom stereocenters. The van der Waals surface area contributed by atoms with Gasteiger partial charge in [0.25, 0.3) is 0 Å². The van der Waals surface area contributed by atoms with Crippen molar-refractivity contribution in [3.05, 3.63) is 46.4 Å². The molecule has 2 N–H and O–H groups in total. The average Bonchev–Trinajstić information content (AvgIpc) is 2.85. The molecule has 18 heavy (non-hydrogen) atoms. The van der Waals surface area contributed by atoms with Crippen LogP contribution in [0.5, 0.6) is 5.75 Å². The molecule has 1 aromatic heterocycles. The van der Waals surface area contributed by atoms with E-state index in [9.17, 15) is 4.79 Å². The topological polar surface area (TPSA) is 62.2 Å². The highest BCUT2D eigenvalue weighted by Gasteiger charge is 2.03. The van der Waals surface area contributed by atoms with Gasteiger partial charge in [-0.05, 0) is 17.7 Å². The summed E-state index contributed by atoms with van der Waals surface area (Å²) in [6.45, 7) is 0.602. The molecule has 0 aliphatic rings. The molecule has 1 aromatic carbocycles. The third kappa shape index (κ3) is 3.85. The van der Waals surface area contributed by atoms with Crippen molar-refractivity contribution < 1.29 is 9.90 Å². The van der Waals surface area contributed by atoms with Crippen molar-refractivity contribution in [3.63, 3.8) is 0 Å². The van der Waals surface area contributed by atoms with Gasteiger partial charge in [-0.15, -0.1) is 11.3 Å². The minimum Gasteiger partial charge on any atom is -0.508 e. The first kappa shape index (κ1) is 12.6. The van der Waals surface area contributed by atoms with Crippen molar-refractivity contribution >= 4 is 17.2 Å². The molecular weight excluding hydrogens is 248 g/mol. The van der Waals surface area contributed by atoms with Crippen molar-refractivity contribution in [1.29, 1.82) is 0 Å². The Kier molecular flexibility index (Phi) is 4.30. The molecule has 0 saturated heterocycles. The zero-order valence-electron chi connectivity index (χ0n) is 9.80. The van der Waals surface area contributed by atoms with Crippen LogP contribution in [0.3, 0.4) is 0 Å². The zero-order valence-corrected chi connectivity index (χ0v) is 10.6. The molecule has 2 rings (SSSR count). The number of aromatic nitrogens is 1. The van der Waals surface area contributed by atoms with Crippen LogP contribution >= 0.6 is 11.3 Å². The van der Waals surface area contributed by atoms with Crippen LogP contribution < -0.4 is 5.32 Å². The van der Waals surface area contributed by atoms with E-state index in [0.29, 0.717) is 13.0 Å². The first-order chi connectivity index (χ1) is 8.74. The van der Waals surface area contributed by atoms with E-state index in [1.54, 1.807) is 41.8 Å². The number of nitrogens with one attached hydrogen (secondary N) is 1. The lowest BCUT2D eigenvalue weighted by Crippen LogP contribution is -2.27. The number of carbonyl (C=O) groups excluding carboxylic acids is 1. The zero-order chi connectivity index (χ0) is 12.8. The van der Waals surface area contributed by atoms with Crippen molar-refractivity contribution in [1.82, 2.24) is 10.3 Å². The molecule has 0 fully saturated rings. The van der Waals surface area contributed by atoms with E-state index >= 15 is 0 Å². The van der Waals surface area contributed by atoms with Crippen molar-refractivity contribution in [3.8, 4) is 5.75 Å². The molecule has 2 aromatic rings. The van der Waals surface area contributed by atoms with Crippen LogP contribution in [0, 0.1) is 0 Å². The lowest BCUT2D eigenvalue weighted by Gasteiger charge is -2.04. The molecule has 0 saturated carbocycles. The van der Waals surface area contributed by atoms with E-state index in [1.807, 2.05) is 5.38 Å². The van der Waals surface area contributed by atoms with Crippen LogP contribution in [0.1, 0.15) is 10.6 Å². The van der Waals surface area contributed by atoms with Crippen molar-refractivity contribution in [2.24, 2.45) is 0 Å². The summed E-state index contributed by atoms with van der Waals surface area (Å²) in [5, 5.41) is 14.9. The molecule has 0 radical (unpaired) electrons. The number of amides is 1. The third-order valence-corrected chi connectivity index (χ3v) is 3.28. The van der Waals surface area contributed by atoms with Gasteiger partial charge in [-0.1, -0.05) is 12.1 Å². The number of hydrogen-bond acceptors (Lipinski definition) is 4. The summed E-state index contributed by atoms with van der Waals surface area (Å²) in [6.07, 6.45) is 2.86. The fraction of sp³-hybridized carbons (Fsp3) is 0.231. The summed E-state index contributed by atoms with van der Waals surface area (Å²) < 4.78 is 0. The van der Waals surface area contributed by atoms with Gasteiger partial charge in [-0.2, -0.15) is 0 Å². The minimum absolute atomic E-state index is 0.0164. The Morgan fingerprint density at radius 3 is 2.78 bits per heavy atom. The Balaban J connectivity index is 1.73. The van der Waals surface area contributed by atoms with Crippen LogP contribution in [0.2, 0.25) is 0 Å². The van der Waals surface area contributed by atoms with Crippen LogP contribution in [0.4, 0.5) is 0 Å². The Hall–Kier alpha value is -1.88. The third-order valence-electron chi connectivity index (χ3n) is 2.45. The van der Waals surface area contributed by atoms with E-state index < -0.39 is 0 Å². The van der Waals surface area contributed by atoms with Gasteiger partial charge in [0.05, 0.1) is 11.4 Å². The van der Waals surface area contributed by atoms with Crippen LogP contribution in [-0.2, 0) is 17.6 Å². The number of thiazole rings is 1. The first-order valence-electron chi connectivity index (χ1n) is 5.67. The fourth-order valence-electron chi connectivity index (χ4n) is 1.55. The van der Waals surface area contributed by atoms with Gasteiger partial charge in [0, 0.05) is 24.5 Å². The Labute approximate surface area is 109 Å². The van der Waals surface area contributed by atoms with E-state index in [2.05, 4.69) is 10.3 Å². The summed E-state index contributed by atoms with van der Waals surface area (Å²) in [5.74, 6) is 0.195. The van der Waals surface area contributed by atoms with E-state index in [4.69, 9.17) is 5.11 Å². The molecule has 1 heterocycles. The lowest BCUT2D eigenvalue weighted by molar-refractivity contribution is -0.120. The number of phenolic OH excluding ortho intramolecular Hbond substituents is 1. The molecule has 1 amide bonds. The maximum atomic E-state index is 11.6. The normalized spacial score (nSPS) is 10.2.